The fourth-order valence-corrected chi connectivity index (χ4v) is 1.66. The average molecular weight is 236 g/mol. The van der Waals surface area contributed by atoms with Gasteiger partial charge in [0.05, 0.1) is 5.52 Å². The maximum absolute atomic E-state index is 6.10. The Labute approximate surface area is 99.9 Å². The predicted molar refractivity (Wildman–Crippen MR) is 67.9 cm³/mol. The molecular weight excluding hydrogens is 222 g/mol. The highest BCUT2D eigenvalue weighted by Gasteiger charge is 2.06. The summed E-state index contributed by atoms with van der Waals surface area (Å²) in [5, 5.41) is 4.60. The van der Waals surface area contributed by atoms with Crippen LogP contribution in [0.4, 0.5) is 5.95 Å². The quantitative estimate of drug-likeness (QED) is 0.828. The van der Waals surface area contributed by atoms with Crippen molar-refractivity contribution in [2.24, 2.45) is 0 Å². The summed E-state index contributed by atoms with van der Waals surface area (Å²) in [6.07, 6.45) is 1.02. The molecule has 1 heterocycles. The number of rotatable bonds is 3. The third-order valence-corrected chi connectivity index (χ3v) is 2.83. The Morgan fingerprint density at radius 3 is 2.81 bits per heavy atom. The molecule has 0 radical (unpaired) electrons. The number of anilines is 1. The van der Waals surface area contributed by atoms with Gasteiger partial charge in [-0.15, -0.1) is 0 Å². The first-order valence-corrected chi connectivity index (χ1v) is 5.77. The van der Waals surface area contributed by atoms with Crippen LogP contribution in [0.25, 0.3) is 10.9 Å². The summed E-state index contributed by atoms with van der Waals surface area (Å²) in [5.41, 5.74) is 0.869. The number of nitrogens with one attached hydrogen (secondary N) is 1. The highest BCUT2D eigenvalue weighted by atomic mass is 35.5. The van der Waals surface area contributed by atoms with Gasteiger partial charge in [0.15, 0.2) is 0 Å². The van der Waals surface area contributed by atoms with Gasteiger partial charge >= 0.3 is 0 Å². The first-order chi connectivity index (χ1) is 7.70. The lowest BCUT2D eigenvalue weighted by molar-refractivity contribution is 0.754. The molecule has 0 aliphatic carbocycles. The lowest BCUT2D eigenvalue weighted by atomic mass is 10.2. The average Bonchev–Trinajstić information content (AvgIpc) is 2.29. The molecule has 0 amide bonds. The van der Waals surface area contributed by atoms with E-state index in [9.17, 15) is 0 Å². The smallest absolute Gasteiger partial charge is 0.224 e. The fourth-order valence-electron chi connectivity index (χ4n) is 1.42. The van der Waals surface area contributed by atoms with Crippen LogP contribution in [0.5, 0.6) is 0 Å². The van der Waals surface area contributed by atoms with Crippen molar-refractivity contribution >= 4 is 28.5 Å². The molecule has 0 spiro atoms. The molecule has 0 unspecified atom stereocenters. The fraction of sp³-hybridized carbons (Fsp3) is 0.333. The number of halogens is 1. The molecule has 0 saturated heterocycles. The van der Waals surface area contributed by atoms with Crippen LogP contribution in [0, 0.1) is 0 Å². The molecule has 2 aromatic rings. The van der Waals surface area contributed by atoms with E-state index >= 15 is 0 Å². The molecule has 0 fully saturated rings. The van der Waals surface area contributed by atoms with E-state index in [2.05, 4.69) is 29.1 Å². The molecule has 1 N–H and O–H groups in total. The summed E-state index contributed by atoms with van der Waals surface area (Å²) in [4.78, 5) is 8.65. The van der Waals surface area contributed by atoms with Crippen LogP contribution in [0.2, 0.25) is 5.15 Å². The van der Waals surface area contributed by atoms with Crippen LogP contribution >= 0.6 is 11.6 Å². The predicted octanol–water partition coefficient (Wildman–Crippen LogP) is 3.49. The van der Waals surface area contributed by atoms with E-state index < -0.39 is 0 Å². The highest BCUT2D eigenvalue weighted by Crippen LogP contribution is 2.21. The van der Waals surface area contributed by atoms with Crippen LogP contribution in [0.3, 0.4) is 0 Å². The van der Waals surface area contributed by atoms with E-state index in [0.717, 1.165) is 17.3 Å². The van der Waals surface area contributed by atoms with Gasteiger partial charge in [-0.2, -0.15) is 0 Å². The molecular formula is C12H14ClN3. The zero-order valence-electron chi connectivity index (χ0n) is 9.37. The number of benzene rings is 1. The monoisotopic (exact) mass is 235 g/mol. The maximum Gasteiger partial charge on any atom is 0.224 e. The third kappa shape index (κ3) is 2.25. The minimum absolute atomic E-state index is 0.345. The maximum atomic E-state index is 6.10. The van der Waals surface area contributed by atoms with Crippen LogP contribution in [0.15, 0.2) is 24.3 Å². The largest absolute Gasteiger partial charge is 0.352 e. The van der Waals surface area contributed by atoms with Crippen molar-refractivity contribution in [2.45, 2.75) is 26.3 Å². The van der Waals surface area contributed by atoms with Gasteiger partial charge in [-0.3, -0.25) is 0 Å². The Morgan fingerprint density at radius 1 is 1.31 bits per heavy atom. The van der Waals surface area contributed by atoms with Gasteiger partial charge in [-0.05, 0) is 25.5 Å². The van der Waals surface area contributed by atoms with Gasteiger partial charge in [-0.1, -0.05) is 30.7 Å². The van der Waals surface area contributed by atoms with E-state index in [1.807, 2.05) is 24.3 Å². The normalized spacial score (nSPS) is 12.7. The van der Waals surface area contributed by atoms with Gasteiger partial charge in [0.25, 0.3) is 0 Å². The summed E-state index contributed by atoms with van der Waals surface area (Å²) in [6.45, 7) is 4.20. The summed E-state index contributed by atoms with van der Waals surface area (Å²) in [6, 6.07) is 8.07. The Morgan fingerprint density at radius 2 is 2.06 bits per heavy atom. The van der Waals surface area contributed by atoms with E-state index in [0.29, 0.717) is 17.1 Å². The van der Waals surface area contributed by atoms with Crippen molar-refractivity contribution in [3.63, 3.8) is 0 Å². The van der Waals surface area contributed by atoms with Crippen LogP contribution in [-0.2, 0) is 0 Å². The Bertz CT molecular complexity index is 499. The number of hydrogen-bond donors (Lipinski definition) is 1. The van der Waals surface area contributed by atoms with Gasteiger partial charge in [-0.25, -0.2) is 9.97 Å². The van der Waals surface area contributed by atoms with E-state index in [1.54, 1.807) is 0 Å². The van der Waals surface area contributed by atoms with Gasteiger partial charge in [0.1, 0.15) is 5.15 Å². The number of fused-ring (bicyclic) bond motifs is 1. The molecule has 2 rings (SSSR count). The molecule has 3 nitrogen and oxygen atoms in total. The summed E-state index contributed by atoms with van der Waals surface area (Å²) in [7, 11) is 0. The van der Waals surface area contributed by atoms with E-state index in [1.165, 1.54) is 0 Å². The minimum Gasteiger partial charge on any atom is -0.352 e. The lowest BCUT2D eigenvalue weighted by Crippen LogP contribution is -2.15. The Balaban J connectivity index is 2.41. The number of aromatic nitrogens is 2. The first-order valence-electron chi connectivity index (χ1n) is 5.39. The molecule has 4 heteroatoms. The molecule has 16 heavy (non-hydrogen) atoms. The SMILES string of the molecule is CC[C@@H](C)Nc1nc(Cl)c2ccccc2n1. The highest BCUT2D eigenvalue weighted by molar-refractivity contribution is 6.34. The van der Waals surface area contributed by atoms with Crippen molar-refractivity contribution in [1.82, 2.24) is 9.97 Å². The summed E-state index contributed by atoms with van der Waals surface area (Å²) < 4.78 is 0. The van der Waals surface area contributed by atoms with Gasteiger partial charge in [0, 0.05) is 11.4 Å². The van der Waals surface area contributed by atoms with Crippen molar-refractivity contribution in [3.8, 4) is 0 Å². The number of hydrogen-bond acceptors (Lipinski definition) is 3. The second-order valence-electron chi connectivity index (χ2n) is 3.81. The number of nitrogens with zero attached hydrogens (tertiary/aromatic N) is 2. The minimum atomic E-state index is 0.345. The first kappa shape index (κ1) is 11.1. The molecule has 1 aromatic heterocycles. The molecule has 0 saturated carbocycles. The molecule has 0 aliphatic heterocycles. The molecule has 0 aliphatic rings. The summed E-state index contributed by atoms with van der Waals surface area (Å²) >= 11 is 6.10. The van der Waals surface area contributed by atoms with Crippen LogP contribution in [-0.4, -0.2) is 16.0 Å². The van der Waals surface area contributed by atoms with Crippen LogP contribution < -0.4 is 5.32 Å². The molecule has 84 valence electrons. The standard InChI is InChI=1S/C12H14ClN3/c1-3-8(2)14-12-15-10-7-5-4-6-9(10)11(13)16-12/h4-8H,3H2,1-2H3,(H,14,15,16)/t8-/m1/s1. The van der Waals surface area contributed by atoms with Crippen molar-refractivity contribution in [1.29, 1.82) is 0 Å². The Kier molecular flexibility index (Phi) is 3.25. The second kappa shape index (κ2) is 4.66. The number of para-hydroxylation sites is 1. The molecule has 1 atom stereocenters. The van der Waals surface area contributed by atoms with Crippen molar-refractivity contribution in [2.75, 3.05) is 5.32 Å². The lowest BCUT2D eigenvalue weighted by Gasteiger charge is -2.11. The summed E-state index contributed by atoms with van der Waals surface area (Å²) in [5.74, 6) is 0.595. The van der Waals surface area contributed by atoms with Crippen molar-refractivity contribution in [3.05, 3.63) is 29.4 Å². The molecule has 0 bridgehead atoms. The van der Waals surface area contributed by atoms with Gasteiger partial charge in [0.2, 0.25) is 5.95 Å². The molecule has 1 aromatic carbocycles. The van der Waals surface area contributed by atoms with Crippen molar-refractivity contribution < 1.29 is 0 Å². The zero-order chi connectivity index (χ0) is 11.5. The van der Waals surface area contributed by atoms with Crippen LogP contribution in [0.1, 0.15) is 20.3 Å². The second-order valence-corrected chi connectivity index (χ2v) is 4.17. The zero-order valence-corrected chi connectivity index (χ0v) is 10.1. The third-order valence-electron chi connectivity index (χ3n) is 2.54. The Hall–Kier alpha value is -1.35. The topological polar surface area (TPSA) is 37.8 Å². The van der Waals surface area contributed by atoms with E-state index in [-0.39, 0.29) is 0 Å². The van der Waals surface area contributed by atoms with E-state index in [4.69, 9.17) is 11.6 Å². The van der Waals surface area contributed by atoms with Gasteiger partial charge < -0.3 is 5.32 Å².